The number of hydrogen-bond donors (Lipinski definition) is 0. The minimum absolute atomic E-state index is 0.127. The van der Waals surface area contributed by atoms with Gasteiger partial charge in [-0.1, -0.05) is 109 Å². The van der Waals surface area contributed by atoms with Crippen LogP contribution in [0.5, 0.6) is 0 Å². The highest BCUT2D eigenvalue weighted by molar-refractivity contribution is 6.73. The topological polar surface area (TPSA) is 80.3 Å². The van der Waals surface area contributed by atoms with Gasteiger partial charge in [0.25, 0.3) is 0 Å². The second kappa shape index (κ2) is 15.1. The summed E-state index contributed by atoms with van der Waals surface area (Å²) in [4.78, 5) is 24.5. The van der Waals surface area contributed by atoms with E-state index in [0.717, 1.165) is 43.0 Å². The summed E-state index contributed by atoms with van der Waals surface area (Å²) in [6.45, 7) is 24.6. The van der Waals surface area contributed by atoms with Crippen LogP contribution in [-0.2, 0) is 23.4 Å². The summed E-state index contributed by atoms with van der Waals surface area (Å²) in [6.07, 6.45) is 16.4. The molecule has 0 aromatic heterocycles. The van der Waals surface area contributed by atoms with Crippen LogP contribution < -0.4 is 0 Å². The van der Waals surface area contributed by atoms with Gasteiger partial charge in [-0.15, -0.1) is 0 Å². The molecule has 0 unspecified atom stereocenters. The smallest absolute Gasteiger partial charge is 0.438 e. The molecule has 3 saturated carbocycles. The Bertz CT molecular complexity index is 1280. The van der Waals surface area contributed by atoms with E-state index in [1.165, 1.54) is 26.2 Å². The number of ether oxygens (including phenoxy) is 4. The average molecular weight is 683 g/mol. The summed E-state index contributed by atoms with van der Waals surface area (Å²) < 4.78 is 28.3. The van der Waals surface area contributed by atoms with E-state index in [4.69, 9.17) is 23.4 Å². The maximum atomic E-state index is 12.5. The normalized spacial score (nSPS) is 32.8. The van der Waals surface area contributed by atoms with Crippen LogP contribution in [0.4, 0.5) is 9.59 Å². The lowest BCUT2D eigenvalue weighted by atomic mass is 9.49. The highest BCUT2D eigenvalue weighted by atomic mass is 28.4. The summed E-state index contributed by atoms with van der Waals surface area (Å²) in [7, 11) is 0.748. The molecule has 0 N–H and O–H groups in total. The summed E-state index contributed by atoms with van der Waals surface area (Å²) in [5.41, 5.74) is 1.84. The average Bonchev–Trinajstić information content (AvgIpc) is 3.45. The largest absolute Gasteiger partial charge is 0.508 e. The second-order valence-corrected chi connectivity index (χ2v) is 20.0. The standard InChI is InChI=1S/C40H62O7Si/c1-12-40(13-2,47-48(14-3,15-4)16-5)28(7)18-17-27(6)32-21-22-33-31-20-19-29-25-30(45-36(41)43-10)26-35(46-37(42)44-11)39(29,9)34(31)23-24-38(32,33)8/h12-13,17-20,27-28,30,32-35H,1-2,14-16,21-26H2,3-11H3/t27-,28+,30-,32-,33+,34+,35+,38-,39+/m1/s1. The van der Waals surface area contributed by atoms with E-state index in [1.54, 1.807) is 0 Å². The molecule has 0 radical (unpaired) electrons. The van der Waals surface area contributed by atoms with Crippen molar-refractivity contribution in [2.24, 2.45) is 40.4 Å². The summed E-state index contributed by atoms with van der Waals surface area (Å²) in [5, 5.41) is 0. The molecule has 0 bridgehead atoms. The molecule has 7 nitrogen and oxygen atoms in total. The summed E-state index contributed by atoms with van der Waals surface area (Å²) in [6, 6.07) is 3.26. The van der Waals surface area contributed by atoms with E-state index in [-0.39, 0.29) is 17.3 Å². The van der Waals surface area contributed by atoms with Gasteiger partial charge in [-0.25, -0.2) is 9.59 Å². The SMILES string of the molecule is C=CC(C=C)(O[Si](CC)(CC)CC)[C@@H](C)C=C[C@@H](C)[C@H]1CC[C@H]2C3=CC=C4C[C@@H](OC(=O)OC)C[C@H](OC(=O)OC)[C@]4(C)[C@H]3CC[C@]12C. The zero-order valence-corrected chi connectivity index (χ0v) is 32.1. The lowest BCUT2D eigenvalue weighted by Crippen LogP contribution is -2.54. The van der Waals surface area contributed by atoms with Crippen molar-refractivity contribution in [3.8, 4) is 0 Å². The Hall–Kier alpha value is -2.58. The first-order chi connectivity index (χ1) is 22.8. The molecule has 268 valence electrons. The van der Waals surface area contributed by atoms with E-state index in [1.807, 2.05) is 12.2 Å². The van der Waals surface area contributed by atoms with Crippen molar-refractivity contribution in [3.63, 3.8) is 0 Å². The Kier molecular flexibility index (Phi) is 12.0. The molecule has 0 amide bonds. The van der Waals surface area contributed by atoms with Crippen LogP contribution in [0.25, 0.3) is 0 Å². The van der Waals surface area contributed by atoms with E-state index in [2.05, 4.69) is 85.9 Å². The quantitative estimate of drug-likeness (QED) is 0.109. The van der Waals surface area contributed by atoms with Crippen LogP contribution in [0.3, 0.4) is 0 Å². The van der Waals surface area contributed by atoms with Crippen LogP contribution in [-0.4, -0.2) is 52.7 Å². The fraction of sp³-hybridized carbons (Fsp3) is 0.700. The maximum absolute atomic E-state index is 12.5. The fourth-order valence-corrected chi connectivity index (χ4v) is 13.2. The Morgan fingerprint density at radius 2 is 1.56 bits per heavy atom. The van der Waals surface area contributed by atoms with Gasteiger partial charge in [-0.05, 0) is 72.9 Å². The molecule has 4 aliphatic carbocycles. The third kappa shape index (κ3) is 6.77. The van der Waals surface area contributed by atoms with Crippen molar-refractivity contribution in [1.82, 2.24) is 0 Å². The van der Waals surface area contributed by atoms with E-state index < -0.39 is 43.9 Å². The number of carbonyl (C=O) groups is 2. The molecule has 0 aliphatic heterocycles. The van der Waals surface area contributed by atoms with Gasteiger partial charge in [0.2, 0.25) is 0 Å². The Morgan fingerprint density at radius 3 is 2.15 bits per heavy atom. The summed E-state index contributed by atoms with van der Waals surface area (Å²) >= 11 is 0. The summed E-state index contributed by atoms with van der Waals surface area (Å²) in [5.74, 6) is 1.79. The van der Waals surface area contributed by atoms with Crippen LogP contribution in [0.15, 0.2) is 60.8 Å². The van der Waals surface area contributed by atoms with Crippen LogP contribution in [0.1, 0.15) is 87.0 Å². The Morgan fingerprint density at radius 1 is 0.938 bits per heavy atom. The number of hydrogen-bond acceptors (Lipinski definition) is 7. The number of allylic oxidation sites excluding steroid dienone is 4. The number of fused-ring (bicyclic) bond motifs is 5. The van der Waals surface area contributed by atoms with Gasteiger partial charge in [0, 0.05) is 24.2 Å². The highest BCUT2D eigenvalue weighted by Crippen LogP contribution is 2.66. The van der Waals surface area contributed by atoms with E-state index in [0.29, 0.717) is 30.6 Å². The van der Waals surface area contributed by atoms with E-state index in [9.17, 15) is 9.59 Å². The molecule has 4 rings (SSSR count). The first kappa shape index (κ1) is 38.2. The predicted octanol–water partition coefficient (Wildman–Crippen LogP) is 10.4. The molecule has 48 heavy (non-hydrogen) atoms. The zero-order valence-electron chi connectivity index (χ0n) is 31.1. The van der Waals surface area contributed by atoms with Crippen molar-refractivity contribution < 1.29 is 33.0 Å². The van der Waals surface area contributed by atoms with Crippen molar-refractivity contribution in [2.45, 2.75) is 123 Å². The van der Waals surface area contributed by atoms with Gasteiger partial charge in [0.05, 0.1) is 19.8 Å². The minimum Gasteiger partial charge on any atom is -0.438 e. The van der Waals surface area contributed by atoms with Crippen molar-refractivity contribution in [1.29, 1.82) is 0 Å². The van der Waals surface area contributed by atoms with Gasteiger partial charge in [0.15, 0.2) is 8.32 Å². The Labute approximate surface area is 291 Å². The highest BCUT2D eigenvalue weighted by Gasteiger charge is 2.60. The third-order valence-corrected chi connectivity index (χ3v) is 18.2. The van der Waals surface area contributed by atoms with Gasteiger partial charge in [0.1, 0.15) is 12.2 Å². The fourth-order valence-electron chi connectivity index (χ4n) is 10.1. The molecule has 8 heteroatoms. The molecular formula is C40H62O7Si. The monoisotopic (exact) mass is 682 g/mol. The molecule has 3 fully saturated rings. The van der Waals surface area contributed by atoms with Gasteiger partial charge >= 0.3 is 12.3 Å². The first-order valence-electron chi connectivity index (χ1n) is 18.3. The molecule has 9 atom stereocenters. The predicted molar refractivity (Wildman–Crippen MR) is 194 cm³/mol. The van der Waals surface area contributed by atoms with Gasteiger partial charge in [-0.2, -0.15) is 0 Å². The van der Waals surface area contributed by atoms with Gasteiger partial charge in [-0.3, -0.25) is 0 Å². The molecule has 0 spiro atoms. The van der Waals surface area contributed by atoms with Crippen molar-refractivity contribution >= 4 is 20.6 Å². The zero-order chi connectivity index (χ0) is 35.5. The lowest BCUT2D eigenvalue weighted by molar-refractivity contribution is -0.0827. The molecule has 0 saturated heterocycles. The second-order valence-electron chi connectivity index (χ2n) is 15.3. The van der Waals surface area contributed by atoms with Crippen LogP contribution in [0, 0.1) is 40.4 Å². The molecular weight excluding hydrogens is 621 g/mol. The van der Waals surface area contributed by atoms with Crippen LogP contribution in [0.2, 0.25) is 18.1 Å². The van der Waals surface area contributed by atoms with Crippen LogP contribution >= 0.6 is 0 Å². The number of methoxy groups -OCH3 is 2. The van der Waals surface area contributed by atoms with Gasteiger partial charge < -0.3 is 23.4 Å². The molecule has 0 aromatic rings. The number of rotatable bonds is 13. The molecule has 4 aliphatic rings. The third-order valence-electron chi connectivity index (χ3n) is 13.5. The molecule has 0 aromatic carbocycles. The number of carbonyl (C=O) groups excluding carboxylic acids is 2. The molecule has 0 heterocycles. The maximum Gasteiger partial charge on any atom is 0.508 e. The minimum atomic E-state index is -1.89. The Balaban J connectivity index is 1.58. The van der Waals surface area contributed by atoms with Crippen molar-refractivity contribution in [3.05, 3.63) is 60.8 Å². The first-order valence-corrected chi connectivity index (χ1v) is 20.9. The van der Waals surface area contributed by atoms with Crippen molar-refractivity contribution in [2.75, 3.05) is 14.2 Å². The van der Waals surface area contributed by atoms with E-state index >= 15 is 0 Å². The lowest BCUT2D eigenvalue weighted by Gasteiger charge is -2.57.